The highest BCUT2D eigenvalue weighted by Gasteiger charge is 2.20. The van der Waals surface area contributed by atoms with Gasteiger partial charge in [-0.15, -0.1) is 0 Å². The van der Waals surface area contributed by atoms with Crippen molar-refractivity contribution in [2.24, 2.45) is 0 Å². The lowest BCUT2D eigenvalue weighted by atomic mass is 10.2. The van der Waals surface area contributed by atoms with Crippen LogP contribution >= 0.6 is 23.2 Å². The minimum absolute atomic E-state index is 0.0880. The first-order valence-corrected chi connectivity index (χ1v) is 8.38. The van der Waals surface area contributed by atoms with E-state index < -0.39 is 14.9 Å². The molecule has 3 N–H and O–H groups in total. The number of nitrogens with zero attached hydrogens (tertiary/aromatic N) is 1. The van der Waals surface area contributed by atoms with Gasteiger partial charge in [0.25, 0.3) is 15.7 Å². The Morgan fingerprint density at radius 3 is 2.26 bits per heavy atom. The largest absolute Gasteiger partial charge is 0.396 e. The van der Waals surface area contributed by atoms with Gasteiger partial charge in [0.1, 0.15) is 0 Å². The van der Waals surface area contributed by atoms with Crippen LogP contribution in [0.25, 0.3) is 0 Å². The predicted octanol–water partition coefficient (Wildman–Crippen LogP) is 3.59. The first kappa shape index (κ1) is 17.3. The summed E-state index contributed by atoms with van der Waals surface area (Å²) in [6, 6.07) is 6.20. The van der Waals surface area contributed by atoms with E-state index in [9.17, 15) is 18.5 Å². The molecule has 0 atom stereocenters. The number of aryl methyl sites for hydroxylation is 1. The van der Waals surface area contributed by atoms with Gasteiger partial charge in [-0.05, 0) is 25.1 Å². The SMILES string of the molecule is Cc1ccc(S(=O)(=O)Nc2cc(Cl)c(N)c(Cl)c2)cc1[N+](=O)[O-]. The Morgan fingerprint density at radius 2 is 1.74 bits per heavy atom. The summed E-state index contributed by atoms with van der Waals surface area (Å²) in [5, 5.41) is 11.1. The van der Waals surface area contributed by atoms with Gasteiger partial charge in [0, 0.05) is 11.6 Å². The molecule has 0 aliphatic carbocycles. The normalized spacial score (nSPS) is 11.3. The van der Waals surface area contributed by atoms with Gasteiger partial charge in [0.05, 0.1) is 31.2 Å². The minimum atomic E-state index is -4.05. The highest BCUT2D eigenvalue weighted by atomic mass is 35.5. The van der Waals surface area contributed by atoms with Crippen LogP contribution in [0.15, 0.2) is 35.2 Å². The van der Waals surface area contributed by atoms with Crippen molar-refractivity contribution in [3.63, 3.8) is 0 Å². The Hall–Kier alpha value is -2.03. The van der Waals surface area contributed by atoms with Crippen LogP contribution in [0, 0.1) is 17.0 Å². The summed E-state index contributed by atoms with van der Waals surface area (Å²) in [5.41, 5.74) is 5.86. The molecule has 0 saturated carbocycles. The van der Waals surface area contributed by atoms with Gasteiger partial charge in [0.2, 0.25) is 0 Å². The first-order valence-electron chi connectivity index (χ1n) is 6.14. The number of nitro benzene ring substituents is 1. The fourth-order valence-corrected chi connectivity index (χ4v) is 3.36. The van der Waals surface area contributed by atoms with Crippen LogP contribution in [0.1, 0.15) is 5.56 Å². The Morgan fingerprint density at radius 1 is 1.17 bits per heavy atom. The molecule has 0 bridgehead atoms. The van der Waals surface area contributed by atoms with Gasteiger partial charge in [-0.25, -0.2) is 8.42 Å². The number of hydrogen-bond donors (Lipinski definition) is 2. The fraction of sp³-hybridized carbons (Fsp3) is 0.0769. The molecule has 2 rings (SSSR count). The molecule has 2 aromatic rings. The number of rotatable bonds is 4. The molecule has 10 heteroatoms. The molecule has 0 unspecified atom stereocenters. The van der Waals surface area contributed by atoms with Gasteiger partial charge >= 0.3 is 0 Å². The molecule has 0 aliphatic heterocycles. The molecule has 0 fully saturated rings. The summed E-state index contributed by atoms with van der Waals surface area (Å²) in [6.07, 6.45) is 0. The second-order valence-electron chi connectivity index (χ2n) is 4.66. The zero-order chi connectivity index (χ0) is 17.4. The average molecular weight is 376 g/mol. The van der Waals surface area contributed by atoms with Crippen molar-refractivity contribution in [2.45, 2.75) is 11.8 Å². The maximum absolute atomic E-state index is 12.3. The first-order chi connectivity index (χ1) is 10.6. The highest BCUT2D eigenvalue weighted by molar-refractivity contribution is 7.92. The topological polar surface area (TPSA) is 115 Å². The molecular weight excluding hydrogens is 365 g/mol. The number of hydrogen-bond acceptors (Lipinski definition) is 5. The van der Waals surface area contributed by atoms with Gasteiger partial charge in [0.15, 0.2) is 0 Å². The van der Waals surface area contributed by atoms with Crippen LogP contribution in [-0.2, 0) is 10.0 Å². The zero-order valence-corrected chi connectivity index (χ0v) is 14.0. The van der Waals surface area contributed by atoms with E-state index in [1.807, 2.05) is 0 Å². The molecule has 2 aromatic carbocycles. The third kappa shape index (κ3) is 3.66. The summed E-state index contributed by atoms with van der Waals surface area (Å²) in [6.45, 7) is 1.52. The number of nitro groups is 1. The summed E-state index contributed by atoms with van der Waals surface area (Å²) in [5.74, 6) is 0. The van der Waals surface area contributed by atoms with E-state index in [2.05, 4.69) is 4.72 Å². The quantitative estimate of drug-likeness (QED) is 0.481. The smallest absolute Gasteiger partial charge is 0.273 e. The minimum Gasteiger partial charge on any atom is -0.396 e. The number of sulfonamides is 1. The number of benzene rings is 2. The van der Waals surface area contributed by atoms with E-state index in [1.54, 1.807) is 0 Å². The van der Waals surface area contributed by atoms with E-state index in [-0.39, 0.29) is 32.0 Å². The average Bonchev–Trinajstić information content (AvgIpc) is 2.44. The van der Waals surface area contributed by atoms with Crippen molar-refractivity contribution >= 4 is 50.3 Å². The van der Waals surface area contributed by atoms with E-state index >= 15 is 0 Å². The maximum atomic E-state index is 12.3. The zero-order valence-electron chi connectivity index (χ0n) is 11.7. The molecule has 0 saturated heterocycles. The van der Waals surface area contributed by atoms with Crippen LogP contribution in [0.5, 0.6) is 0 Å². The van der Waals surface area contributed by atoms with Crippen molar-refractivity contribution in [2.75, 3.05) is 10.5 Å². The van der Waals surface area contributed by atoms with E-state index in [4.69, 9.17) is 28.9 Å². The number of nitrogens with one attached hydrogen (secondary N) is 1. The van der Waals surface area contributed by atoms with Crippen molar-refractivity contribution < 1.29 is 13.3 Å². The van der Waals surface area contributed by atoms with Gasteiger partial charge in [-0.3, -0.25) is 14.8 Å². The van der Waals surface area contributed by atoms with Gasteiger partial charge in [-0.1, -0.05) is 29.3 Å². The van der Waals surface area contributed by atoms with Crippen LogP contribution in [0.2, 0.25) is 10.0 Å². The van der Waals surface area contributed by atoms with Crippen LogP contribution < -0.4 is 10.5 Å². The van der Waals surface area contributed by atoms with E-state index in [1.165, 1.54) is 31.2 Å². The Bertz CT molecular complexity index is 877. The summed E-state index contributed by atoms with van der Waals surface area (Å²) < 4.78 is 26.9. The standard InChI is InChI=1S/C13H11Cl2N3O4S/c1-7-2-3-9(6-12(7)18(19)20)23(21,22)17-8-4-10(14)13(16)11(15)5-8/h2-6,17H,16H2,1H3. The lowest BCUT2D eigenvalue weighted by molar-refractivity contribution is -0.385. The van der Waals surface area contributed by atoms with Crippen LogP contribution in [0.4, 0.5) is 17.1 Å². The van der Waals surface area contributed by atoms with Crippen LogP contribution in [0.3, 0.4) is 0 Å². The number of nitrogens with two attached hydrogens (primary N) is 1. The van der Waals surface area contributed by atoms with Gasteiger partial charge < -0.3 is 5.73 Å². The summed E-state index contributed by atoms with van der Waals surface area (Å²) in [4.78, 5) is 10.0. The van der Waals surface area contributed by atoms with Crippen molar-refractivity contribution in [3.8, 4) is 0 Å². The van der Waals surface area contributed by atoms with Crippen molar-refractivity contribution in [1.29, 1.82) is 0 Å². The second-order valence-corrected chi connectivity index (χ2v) is 7.16. The molecular formula is C13H11Cl2N3O4S. The predicted molar refractivity (Wildman–Crippen MR) is 89.5 cm³/mol. The van der Waals surface area contributed by atoms with Crippen molar-refractivity contribution in [3.05, 3.63) is 56.1 Å². The Balaban J connectivity index is 2.44. The van der Waals surface area contributed by atoms with Gasteiger partial charge in [-0.2, -0.15) is 0 Å². The third-order valence-electron chi connectivity index (χ3n) is 3.02. The monoisotopic (exact) mass is 375 g/mol. The Labute approximate surface area is 142 Å². The highest BCUT2D eigenvalue weighted by Crippen LogP contribution is 2.32. The Kier molecular flexibility index (Phi) is 4.69. The van der Waals surface area contributed by atoms with E-state index in [0.29, 0.717) is 5.56 Å². The summed E-state index contributed by atoms with van der Waals surface area (Å²) in [7, 11) is -4.05. The molecule has 0 aromatic heterocycles. The second kappa shape index (κ2) is 6.23. The number of anilines is 2. The molecule has 0 spiro atoms. The molecule has 23 heavy (non-hydrogen) atoms. The summed E-state index contributed by atoms with van der Waals surface area (Å²) >= 11 is 11.7. The maximum Gasteiger partial charge on any atom is 0.273 e. The van der Waals surface area contributed by atoms with Crippen molar-refractivity contribution in [1.82, 2.24) is 0 Å². The number of nitrogen functional groups attached to an aromatic ring is 1. The van der Waals surface area contributed by atoms with Crippen LogP contribution in [-0.4, -0.2) is 13.3 Å². The molecule has 0 aliphatic rings. The fourth-order valence-electron chi connectivity index (χ4n) is 1.81. The lowest BCUT2D eigenvalue weighted by Gasteiger charge is -2.10. The molecule has 0 amide bonds. The number of halogens is 2. The third-order valence-corrected chi connectivity index (χ3v) is 5.02. The molecule has 122 valence electrons. The molecule has 0 heterocycles. The lowest BCUT2D eigenvalue weighted by Crippen LogP contribution is -2.13. The van der Waals surface area contributed by atoms with E-state index in [0.717, 1.165) is 6.07 Å². The molecule has 0 radical (unpaired) electrons. The molecule has 7 nitrogen and oxygen atoms in total.